The first kappa shape index (κ1) is 26.3. The molecule has 0 bridgehead atoms. The molecule has 0 spiro atoms. The van der Waals surface area contributed by atoms with E-state index in [1.807, 2.05) is 56.3 Å². The van der Waals surface area contributed by atoms with Gasteiger partial charge in [0.25, 0.3) is 0 Å². The Labute approximate surface area is 203 Å². The Hall–Kier alpha value is -3.28. The molecule has 0 fully saturated rings. The standard InChI is InChI=1S/C29H29F3O3/c1-4-27(34)23-7-5-6-21(15-23)14-22-10-8-20(12-18(22)2)9-11-26(33)17-24-16-25(29(30,31)32)13-19(3)28(24)35/h5-8,10,12-13,15-16,19H,4,9,11,14,17H2,1-3H3. The molecule has 6 heteroatoms. The molecule has 1 atom stereocenters. The van der Waals surface area contributed by atoms with Crippen molar-refractivity contribution < 1.29 is 27.6 Å². The van der Waals surface area contributed by atoms with Crippen LogP contribution in [-0.2, 0) is 22.4 Å². The number of carbonyl (C=O) groups excluding carboxylic acids is 3. The van der Waals surface area contributed by atoms with E-state index in [9.17, 15) is 27.6 Å². The summed E-state index contributed by atoms with van der Waals surface area (Å²) in [4.78, 5) is 36.7. The zero-order valence-electron chi connectivity index (χ0n) is 20.2. The minimum absolute atomic E-state index is 0.0763. The number of ketones is 3. The molecule has 2 aromatic carbocycles. The van der Waals surface area contributed by atoms with Crippen molar-refractivity contribution in [1.29, 1.82) is 0 Å². The van der Waals surface area contributed by atoms with Crippen LogP contribution < -0.4 is 0 Å². The van der Waals surface area contributed by atoms with Crippen LogP contribution in [0.3, 0.4) is 0 Å². The van der Waals surface area contributed by atoms with Gasteiger partial charge >= 0.3 is 6.18 Å². The topological polar surface area (TPSA) is 51.2 Å². The first-order chi connectivity index (χ1) is 16.5. The molecule has 0 amide bonds. The molecule has 0 heterocycles. The van der Waals surface area contributed by atoms with Crippen molar-refractivity contribution in [2.75, 3.05) is 0 Å². The predicted molar refractivity (Wildman–Crippen MR) is 129 cm³/mol. The summed E-state index contributed by atoms with van der Waals surface area (Å²) in [6.07, 6.45) is -1.40. The Morgan fingerprint density at radius 3 is 2.43 bits per heavy atom. The lowest BCUT2D eigenvalue weighted by Crippen LogP contribution is -2.23. The molecule has 0 aliphatic heterocycles. The van der Waals surface area contributed by atoms with Crippen LogP contribution >= 0.6 is 0 Å². The van der Waals surface area contributed by atoms with Crippen LogP contribution in [0.2, 0.25) is 0 Å². The third kappa shape index (κ3) is 6.87. The zero-order valence-corrected chi connectivity index (χ0v) is 20.2. The molecular formula is C29H29F3O3. The summed E-state index contributed by atoms with van der Waals surface area (Å²) in [7, 11) is 0. The van der Waals surface area contributed by atoms with Crippen LogP contribution in [-0.4, -0.2) is 23.5 Å². The van der Waals surface area contributed by atoms with Gasteiger partial charge in [-0.05, 0) is 54.2 Å². The van der Waals surface area contributed by atoms with Crippen molar-refractivity contribution >= 4 is 17.3 Å². The summed E-state index contributed by atoms with van der Waals surface area (Å²) in [6.45, 7) is 5.23. The van der Waals surface area contributed by atoms with Crippen LogP contribution in [0.1, 0.15) is 65.7 Å². The van der Waals surface area contributed by atoms with Gasteiger partial charge in [-0.15, -0.1) is 0 Å². The van der Waals surface area contributed by atoms with Crippen LogP contribution in [0.5, 0.6) is 0 Å². The van der Waals surface area contributed by atoms with E-state index in [1.54, 1.807) is 0 Å². The highest BCUT2D eigenvalue weighted by atomic mass is 19.4. The van der Waals surface area contributed by atoms with Crippen molar-refractivity contribution in [3.63, 3.8) is 0 Å². The fourth-order valence-electron chi connectivity index (χ4n) is 4.23. The van der Waals surface area contributed by atoms with E-state index >= 15 is 0 Å². The van der Waals surface area contributed by atoms with Gasteiger partial charge in [0.05, 0.1) is 5.57 Å². The molecule has 184 valence electrons. The summed E-state index contributed by atoms with van der Waals surface area (Å²) in [5, 5.41) is 0. The molecule has 0 saturated heterocycles. The number of aryl methyl sites for hydroxylation is 2. The van der Waals surface area contributed by atoms with Gasteiger partial charge in [0.15, 0.2) is 11.6 Å². The number of alkyl halides is 3. The van der Waals surface area contributed by atoms with E-state index in [4.69, 9.17) is 0 Å². The number of halogens is 3. The number of Topliss-reactive ketones (excluding diaryl/α,β-unsaturated/α-hetero) is 3. The smallest absolute Gasteiger partial charge is 0.299 e. The lowest BCUT2D eigenvalue weighted by molar-refractivity contribution is -0.122. The van der Waals surface area contributed by atoms with Gasteiger partial charge in [0.2, 0.25) is 0 Å². The third-order valence-electron chi connectivity index (χ3n) is 6.27. The van der Waals surface area contributed by atoms with Crippen LogP contribution in [0.25, 0.3) is 0 Å². The second kappa shape index (κ2) is 11.0. The summed E-state index contributed by atoms with van der Waals surface area (Å²) in [5.74, 6) is -1.49. The fraction of sp³-hybridized carbons (Fsp3) is 0.345. The second-order valence-electron chi connectivity index (χ2n) is 9.07. The summed E-state index contributed by atoms with van der Waals surface area (Å²) >= 11 is 0. The summed E-state index contributed by atoms with van der Waals surface area (Å²) in [5.41, 5.74) is 3.91. The first-order valence-electron chi connectivity index (χ1n) is 11.7. The van der Waals surface area contributed by atoms with Crippen LogP contribution in [0.4, 0.5) is 13.2 Å². The summed E-state index contributed by atoms with van der Waals surface area (Å²) in [6, 6.07) is 13.5. The highest BCUT2D eigenvalue weighted by Crippen LogP contribution is 2.33. The molecule has 0 radical (unpaired) electrons. The average Bonchev–Trinajstić information content (AvgIpc) is 2.81. The van der Waals surface area contributed by atoms with Gasteiger partial charge in [-0.3, -0.25) is 14.4 Å². The van der Waals surface area contributed by atoms with E-state index in [0.29, 0.717) is 24.8 Å². The van der Waals surface area contributed by atoms with E-state index < -0.39 is 23.5 Å². The van der Waals surface area contributed by atoms with Crippen molar-refractivity contribution in [2.24, 2.45) is 5.92 Å². The fourth-order valence-corrected chi connectivity index (χ4v) is 4.23. The van der Waals surface area contributed by atoms with Crippen molar-refractivity contribution in [3.8, 4) is 0 Å². The Morgan fingerprint density at radius 2 is 1.77 bits per heavy atom. The molecule has 3 nitrogen and oxygen atoms in total. The molecule has 0 aromatic heterocycles. The van der Waals surface area contributed by atoms with Gasteiger partial charge in [0, 0.05) is 36.3 Å². The van der Waals surface area contributed by atoms with Crippen molar-refractivity contribution in [2.45, 2.75) is 59.1 Å². The van der Waals surface area contributed by atoms with Gasteiger partial charge in [-0.25, -0.2) is 0 Å². The SMILES string of the molecule is CCC(=O)c1cccc(Cc2ccc(CCC(=O)CC3=CC(C(F)(F)F)=CC(C)C3=O)cc2C)c1. The quantitative estimate of drug-likeness (QED) is 0.374. The molecular weight excluding hydrogens is 453 g/mol. The van der Waals surface area contributed by atoms with Crippen molar-refractivity contribution in [3.05, 3.63) is 93.6 Å². The van der Waals surface area contributed by atoms with Crippen LogP contribution in [0, 0.1) is 12.8 Å². The van der Waals surface area contributed by atoms with E-state index in [1.165, 1.54) is 6.92 Å². The molecule has 1 unspecified atom stereocenters. The highest BCUT2D eigenvalue weighted by molar-refractivity contribution is 6.04. The van der Waals surface area contributed by atoms with Crippen LogP contribution in [0.15, 0.2) is 65.8 Å². The molecule has 0 N–H and O–H groups in total. The number of rotatable bonds is 9. The predicted octanol–water partition coefficient (Wildman–Crippen LogP) is 6.70. The maximum Gasteiger partial charge on any atom is 0.416 e. The van der Waals surface area contributed by atoms with Crippen molar-refractivity contribution in [1.82, 2.24) is 0 Å². The third-order valence-corrected chi connectivity index (χ3v) is 6.27. The zero-order chi connectivity index (χ0) is 25.8. The molecule has 1 aliphatic rings. The lowest BCUT2D eigenvalue weighted by Gasteiger charge is -2.19. The number of allylic oxidation sites excluding steroid dienone is 4. The van der Waals surface area contributed by atoms with E-state index in [-0.39, 0.29) is 30.0 Å². The van der Waals surface area contributed by atoms with E-state index in [0.717, 1.165) is 34.4 Å². The Balaban J connectivity index is 1.62. The highest BCUT2D eigenvalue weighted by Gasteiger charge is 2.36. The first-order valence-corrected chi connectivity index (χ1v) is 11.7. The number of hydrogen-bond donors (Lipinski definition) is 0. The van der Waals surface area contributed by atoms with Gasteiger partial charge in [0.1, 0.15) is 5.78 Å². The number of benzene rings is 2. The van der Waals surface area contributed by atoms with Gasteiger partial charge in [-0.1, -0.05) is 56.3 Å². The Bertz CT molecular complexity index is 1200. The molecule has 3 rings (SSSR count). The minimum Gasteiger partial charge on any atom is -0.299 e. The largest absolute Gasteiger partial charge is 0.416 e. The Morgan fingerprint density at radius 1 is 1.03 bits per heavy atom. The maximum absolute atomic E-state index is 13.1. The maximum atomic E-state index is 13.1. The lowest BCUT2D eigenvalue weighted by atomic mass is 9.87. The molecule has 0 saturated carbocycles. The molecule has 1 aliphatic carbocycles. The van der Waals surface area contributed by atoms with E-state index in [2.05, 4.69) is 0 Å². The minimum atomic E-state index is -4.55. The Kier molecular flexibility index (Phi) is 8.26. The molecule has 2 aromatic rings. The second-order valence-corrected chi connectivity index (χ2v) is 9.07. The number of carbonyl (C=O) groups is 3. The monoisotopic (exact) mass is 482 g/mol. The summed E-state index contributed by atoms with van der Waals surface area (Å²) < 4.78 is 39.2. The van der Waals surface area contributed by atoms with Gasteiger partial charge < -0.3 is 0 Å². The molecule has 35 heavy (non-hydrogen) atoms. The average molecular weight is 483 g/mol. The normalized spacial score (nSPS) is 16.1. The number of hydrogen-bond acceptors (Lipinski definition) is 3. The van der Waals surface area contributed by atoms with Gasteiger partial charge in [-0.2, -0.15) is 13.2 Å².